The number of aliphatic hydroxyl groups excluding tert-OH is 1. The van der Waals surface area contributed by atoms with Crippen LogP contribution in [0.2, 0.25) is 0 Å². The number of hydrogen-bond acceptors (Lipinski definition) is 4. The highest BCUT2D eigenvalue weighted by Crippen LogP contribution is 2.22. The van der Waals surface area contributed by atoms with Crippen molar-refractivity contribution in [2.75, 3.05) is 26.7 Å². The number of nitrogens with zero attached hydrogens (tertiary/aromatic N) is 3. The number of aromatic nitrogens is 1. The molecule has 3 aromatic rings. The van der Waals surface area contributed by atoms with Crippen molar-refractivity contribution in [3.8, 4) is 11.1 Å². The van der Waals surface area contributed by atoms with Gasteiger partial charge in [-0.3, -0.25) is 9.88 Å². The van der Waals surface area contributed by atoms with Gasteiger partial charge in [0, 0.05) is 50.5 Å². The van der Waals surface area contributed by atoms with Gasteiger partial charge in [0.25, 0.3) is 0 Å². The molecule has 0 bridgehead atoms. The molecule has 4 rings (SSSR count). The van der Waals surface area contributed by atoms with E-state index in [1.165, 1.54) is 16.7 Å². The SMILES string of the molecule is CN(CCc1ccccn1)[C@@H]1CCN(Cc2ccc(-c3ccccc3)cc2)C[C@H]1O. The highest BCUT2D eigenvalue weighted by atomic mass is 16.3. The van der Waals surface area contributed by atoms with E-state index in [1.807, 2.05) is 24.4 Å². The summed E-state index contributed by atoms with van der Waals surface area (Å²) >= 11 is 0. The Morgan fingerprint density at radius 3 is 2.40 bits per heavy atom. The van der Waals surface area contributed by atoms with Gasteiger partial charge in [0.15, 0.2) is 0 Å². The lowest BCUT2D eigenvalue weighted by Gasteiger charge is -2.40. The molecule has 1 fully saturated rings. The number of pyridine rings is 1. The molecule has 4 heteroatoms. The van der Waals surface area contributed by atoms with E-state index in [2.05, 4.69) is 76.4 Å². The van der Waals surface area contributed by atoms with Crippen LogP contribution < -0.4 is 0 Å². The zero-order valence-corrected chi connectivity index (χ0v) is 17.7. The summed E-state index contributed by atoms with van der Waals surface area (Å²) in [5.74, 6) is 0. The molecular formula is C26H31N3O. The molecule has 1 N–H and O–H groups in total. The molecule has 4 nitrogen and oxygen atoms in total. The number of rotatable bonds is 7. The first-order valence-electron chi connectivity index (χ1n) is 10.8. The molecule has 0 aliphatic carbocycles. The minimum atomic E-state index is -0.323. The summed E-state index contributed by atoms with van der Waals surface area (Å²) in [5, 5.41) is 10.8. The van der Waals surface area contributed by atoms with E-state index >= 15 is 0 Å². The van der Waals surface area contributed by atoms with Gasteiger partial charge in [-0.1, -0.05) is 60.7 Å². The van der Waals surface area contributed by atoms with Gasteiger partial charge in [-0.15, -0.1) is 0 Å². The van der Waals surface area contributed by atoms with E-state index in [-0.39, 0.29) is 12.1 Å². The smallest absolute Gasteiger partial charge is 0.0822 e. The third-order valence-electron chi connectivity index (χ3n) is 6.11. The average molecular weight is 402 g/mol. The number of aliphatic hydroxyl groups is 1. The number of benzene rings is 2. The van der Waals surface area contributed by atoms with Crippen LogP contribution in [0.1, 0.15) is 17.7 Å². The standard InChI is InChI=1S/C26H31N3O/c1-28(17-14-24-9-5-6-16-27-24)25-15-18-29(20-26(25)30)19-21-10-12-23(13-11-21)22-7-3-2-4-8-22/h2-13,16,25-26,30H,14-15,17-20H2,1H3/t25-,26-/m1/s1. The minimum Gasteiger partial charge on any atom is -0.390 e. The van der Waals surface area contributed by atoms with Gasteiger partial charge >= 0.3 is 0 Å². The highest BCUT2D eigenvalue weighted by Gasteiger charge is 2.30. The molecule has 0 amide bonds. The Bertz CT molecular complexity index is 899. The van der Waals surface area contributed by atoms with Crippen LogP contribution in [0.5, 0.6) is 0 Å². The number of likely N-dealkylation sites (N-methyl/N-ethyl adjacent to an activating group) is 1. The van der Waals surface area contributed by atoms with E-state index in [1.54, 1.807) is 0 Å². The Hall–Kier alpha value is -2.53. The van der Waals surface area contributed by atoms with Crippen molar-refractivity contribution >= 4 is 0 Å². The molecule has 0 radical (unpaired) electrons. The summed E-state index contributed by atoms with van der Waals surface area (Å²) in [6.07, 6.45) is 3.42. The van der Waals surface area contributed by atoms with E-state index in [4.69, 9.17) is 0 Å². The zero-order valence-electron chi connectivity index (χ0n) is 17.7. The maximum atomic E-state index is 10.8. The Morgan fingerprint density at radius 2 is 1.70 bits per heavy atom. The number of likely N-dealkylation sites (tertiary alicyclic amines) is 1. The first-order chi connectivity index (χ1) is 14.7. The van der Waals surface area contributed by atoms with Gasteiger partial charge in [-0.25, -0.2) is 0 Å². The van der Waals surface area contributed by atoms with Crippen molar-refractivity contribution in [1.29, 1.82) is 0 Å². The molecule has 0 saturated carbocycles. The fraction of sp³-hybridized carbons (Fsp3) is 0.346. The lowest BCUT2D eigenvalue weighted by molar-refractivity contribution is -0.00619. The van der Waals surface area contributed by atoms with Crippen LogP contribution in [0.25, 0.3) is 11.1 Å². The van der Waals surface area contributed by atoms with E-state index in [9.17, 15) is 5.11 Å². The van der Waals surface area contributed by atoms with E-state index < -0.39 is 0 Å². The van der Waals surface area contributed by atoms with Gasteiger partial charge in [0.1, 0.15) is 0 Å². The molecular weight excluding hydrogens is 370 g/mol. The average Bonchev–Trinajstić information content (AvgIpc) is 2.79. The molecule has 1 aromatic heterocycles. The van der Waals surface area contributed by atoms with Crippen LogP contribution in [0.3, 0.4) is 0 Å². The Morgan fingerprint density at radius 1 is 0.967 bits per heavy atom. The predicted molar refractivity (Wildman–Crippen MR) is 122 cm³/mol. The van der Waals surface area contributed by atoms with Crippen molar-refractivity contribution in [3.05, 3.63) is 90.3 Å². The number of piperidine rings is 1. The van der Waals surface area contributed by atoms with Crippen LogP contribution in [0.15, 0.2) is 79.0 Å². The molecule has 2 aromatic carbocycles. The summed E-state index contributed by atoms with van der Waals surface area (Å²) in [4.78, 5) is 9.07. The second kappa shape index (κ2) is 9.98. The summed E-state index contributed by atoms with van der Waals surface area (Å²) < 4.78 is 0. The minimum absolute atomic E-state index is 0.213. The van der Waals surface area contributed by atoms with Crippen molar-refractivity contribution < 1.29 is 5.11 Å². The third-order valence-corrected chi connectivity index (χ3v) is 6.11. The van der Waals surface area contributed by atoms with Crippen molar-refractivity contribution in [2.45, 2.75) is 31.5 Å². The van der Waals surface area contributed by atoms with Crippen LogP contribution in [-0.4, -0.2) is 58.7 Å². The van der Waals surface area contributed by atoms with Crippen LogP contribution in [0, 0.1) is 0 Å². The summed E-state index contributed by atoms with van der Waals surface area (Å²) in [5.41, 5.74) is 4.89. The monoisotopic (exact) mass is 401 g/mol. The molecule has 0 unspecified atom stereocenters. The fourth-order valence-electron chi connectivity index (χ4n) is 4.34. The van der Waals surface area contributed by atoms with Crippen molar-refractivity contribution in [3.63, 3.8) is 0 Å². The zero-order chi connectivity index (χ0) is 20.8. The molecule has 1 aliphatic rings. The van der Waals surface area contributed by atoms with Crippen LogP contribution in [0.4, 0.5) is 0 Å². The third kappa shape index (κ3) is 5.33. The topological polar surface area (TPSA) is 39.6 Å². The molecule has 30 heavy (non-hydrogen) atoms. The summed E-state index contributed by atoms with van der Waals surface area (Å²) in [6.45, 7) is 3.53. The fourth-order valence-corrected chi connectivity index (χ4v) is 4.34. The summed E-state index contributed by atoms with van der Waals surface area (Å²) in [6, 6.07) is 25.5. The largest absolute Gasteiger partial charge is 0.390 e. The van der Waals surface area contributed by atoms with Gasteiger partial charge in [0.2, 0.25) is 0 Å². The lowest BCUT2D eigenvalue weighted by Crippen LogP contribution is -2.53. The first-order valence-corrected chi connectivity index (χ1v) is 10.8. The molecule has 0 spiro atoms. The van der Waals surface area contributed by atoms with Crippen molar-refractivity contribution in [1.82, 2.24) is 14.8 Å². The molecule has 1 aliphatic heterocycles. The van der Waals surface area contributed by atoms with Crippen LogP contribution in [-0.2, 0) is 13.0 Å². The van der Waals surface area contributed by atoms with E-state index in [0.717, 1.165) is 44.7 Å². The van der Waals surface area contributed by atoms with Gasteiger partial charge in [0.05, 0.1) is 6.10 Å². The molecule has 2 heterocycles. The normalized spacial score (nSPS) is 19.8. The van der Waals surface area contributed by atoms with Gasteiger partial charge < -0.3 is 10.0 Å². The Labute approximate surface area is 179 Å². The van der Waals surface area contributed by atoms with Gasteiger partial charge in [-0.2, -0.15) is 0 Å². The molecule has 2 atom stereocenters. The number of hydrogen-bond donors (Lipinski definition) is 1. The predicted octanol–water partition coefficient (Wildman–Crippen LogP) is 3.86. The Balaban J connectivity index is 1.28. The number of β-amino-alcohol motifs (C(OH)–C–C–N with tert-alkyl or cyclic N) is 1. The first kappa shape index (κ1) is 20.7. The second-order valence-corrected chi connectivity index (χ2v) is 8.27. The van der Waals surface area contributed by atoms with Crippen LogP contribution >= 0.6 is 0 Å². The summed E-state index contributed by atoms with van der Waals surface area (Å²) in [7, 11) is 2.12. The molecule has 156 valence electrons. The second-order valence-electron chi connectivity index (χ2n) is 8.27. The van der Waals surface area contributed by atoms with Crippen molar-refractivity contribution in [2.24, 2.45) is 0 Å². The quantitative estimate of drug-likeness (QED) is 0.653. The highest BCUT2D eigenvalue weighted by molar-refractivity contribution is 5.63. The van der Waals surface area contributed by atoms with E-state index in [0.29, 0.717) is 0 Å². The maximum absolute atomic E-state index is 10.8. The maximum Gasteiger partial charge on any atom is 0.0822 e. The Kier molecular flexibility index (Phi) is 6.90. The molecule has 1 saturated heterocycles. The van der Waals surface area contributed by atoms with Gasteiger partial charge in [-0.05, 0) is 42.3 Å². The lowest BCUT2D eigenvalue weighted by atomic mass is 9.99.